The summed E-state index contributed by atoms with van der Waals surface area (Å²) in [5, 5.41) is 3.99. The van der Waals surface area contributed by atoms with Crippen LogP contribution in [0.2, 0.25) is 5.02 Å². The summed E-state index contributed by atoms with van der Waals surface area (Å²) >= 11 is 6.19. The minimum Gasteiger partial charge on any atom is -0.494 e. The Bertz CT molecular complexity index is 613. The maximum absolute atomic E-state index is 6.19. The molecule has 1 N–H and O–H groups in total. The second-order valence-electron chi connectivity index (χ2n) is 5.02. The van der Waals surface area contributed by atoms with E-state index < -0.39 is 0 Å². The first-order valence-electron chi connectivity index (χ1n) is 7.19. The minimum absolute atomic E-state index is 0.0439. The van der Waals surface area contributed by atoms with Crippen molar-refractivity contribution in [1.82, 2.24) is 0 Å². The van der Waals surface area contributed by atoms with Crippen LogP contribution < -0.4 is 14.8 Å². The van der Waals surface area contributed by atoms with Crippen molar-refractivity contribution in [3.8, 4) is 11.5 Å². The molecule has 3 nitrogen and oxygen atoms in total. The molecule has 0 radical (unpaired) electrons. The van der Waals surface area contributed by atoms with Gasteiger partial charge in [-0.3, -0.25) is 0 Å². The fourth-order valence-electron chi connectivity index (χ4n) is 2.34. The summed E-state index contributed by atoms with van der Waals surface area (Å²) in [6, 6.07) is 13.8. The summed E-state index contributed by atoms with van der Waals surface area (Å²) < 4.78 is 11.6. The smallest absolute Gasteiger partial charge is 0.161 e. The van der Waals surface area contributed by atoms with Gasteiger partial charge >= 0.3 is 0 Å². The third kappa shape index (κ3) is 3.08. The highest BCUT2D eigenvalue weighted by Crippen LogP contribution is 2.39. The fourth-order valence-corrected chi connectivity index (χ4v) is 2.56. The van der Waals surface area contributed by atoms with E-state index >= 15 is 0 Å². The number of hydrogen-bond acceptors (Lipinski definition) is 3. The third-order valence-corrected chi connectivity index (χ3v) is 3.73. The van der Waals surface area contributed by atoms with Gasteiger partial charge in [0.15, 0.2) is 5.75 Å². The van der Waals surface area contributed by atoms with Gasteiger partial charge in [-0.1, -0.05) is 36.7 Å². The van der Waals surface area contributed by atoms with E-state index in [2.05, 4.69) is 12.2 Å². The molecule has 1 unspecified atom stereocenters. The minimum atomic E-state index is -0.0439. The van der Waals surface area contributed by atoms with Crippen molar-refractivity contribution >= 4 is 17.3 Å². The second kappa shape index (κ2) is 6.27. The standard InChI is InChI=1S/C17H18ClNO2/c1-2-10-20-13-8-6-12(7-9-13)16-11-19-15-5-3-4-14(18)17(15)21-16/h3-9,16,19H,2,10-11H2,1H3. The van der Waals surface area contributed by atoms with Crippen LogP contribution in [0, 0.1) is 0 Å². The van der Waals surface area contributed by atoms with Crippen LogP contribution in [-0.2, 0) is 0 Å². The van der Waals surface area contributed by atoms with Crippen molar-refractivity contribution in [3.63, 3.8) is 0 Å². The number of anilines is 1. The monoisotopic (exact) mass is 303 g/mol. The molecule has 1 heterocycles. The van der Waals surface area contributed by atoms with Crippen LogP contribution in [0.3, 0.4) is 0 Å². The quantitative estimate of drug-likeness (QED) is 0.890. The second-order valence-corrected chi connectivity index (χ2v) is 5.43. The molecular formula is C17H18ClNO2. The molecule has 0 saturated heterocycles. The zero-order chi connectivity index (χ0) is 14.7. The molecule has 2 aromatic rings. The SMILES string of the molecule is CCCOc1ccc(C2CNc3cccc(Cl)c3O2)cc1. The molecule has 0 aliphatic carbocycles. The van der Waals surface area contributed by atoms with Gasteiger partial charge in [-0.15, -0.1) is 0 Å². The van der Waals surface area contributed by atoms with E-state index in [4.69, 9.17) is 21.1 Å². The summed E-state index contributed by atoms with van der Waals surface area (Å²) in [6.45, 7) is 3.56. The molecule has 21 heavy (non-hydrogen) atoms. The van der Waals surface area contributed by atoms with Crippen molar-refractivity contribution in [1.29, 1.82) is 0 Å². The van der Waals surface area contributed by atoms with E-state index in [1.807, 2.05) is 42.5 Å². The molecule has 0 bridgehead atoms. The number of nitrogens with one attached hydrogen (secondary N) is 1. The molecular weight excluding hydrogens is 286 g/mol. The molecule has 0 aromatic heterocycles. The number of rotatable bonds is 4. The topological polar surface area (TPSA) is 30.5 Å². The number of para-hydroxylation sites is 1. The molecule has 0 amide bonds. The Hall–Kier alpha value is -1.87. The number of benzene rings is 2. The first-order chi connectivity index (χ1) is 10.3. The first-order valence-corrected chi connectivity index (χ1v) is 7.57. The zero-order valence-corrected chi connectivity index (χ0v) is 12.7. The van der Waals surface area contributed by atoms with Crippen LogP contribution in [0.4, 0.5) is 5.69 Å². The molecule has 4 heteroatoms. The molecule has 0 saturated carbocycles. The van der Waals surface area contributed by atoms with Crippen LogP contribution in [-0.4, -0.2) is 13.2 Å². The highest BCUT2D eigenvalue weighted by atomic mass is 35.5. The lowest BCUT2D eigenvalue weighted by Crippen LogP contribution is -2.23. The van der Waals surface area contributed by atoms with Crippen LogP contribution in [0.1, 0.15) is 25.0 Å². The summed E-state index contributed by atoms with van der Waals surface area (Å²) in [4.78, 5) is 0. The average molecular weight is 304 g/mol. The van der Waals surface area contributed by atoms with Crippen LogP contribution >= 0.6 is 11.6 Å². The molecule has 1 aliphatic heterocycles. The van der Waals surface area contributed by atoms with E-state index in [-0.39, 0.29) is 6.10 Å². The number of fused-ring (bicyclic) bond motifs is 1. The third-order valence-electron chi connectivity index (χ3n) is 3.43. The molecule has 2 aromatic carbocycles. The predicted molar refractivity (Wildman–Crippen MR) is 85.5 cm³/mol. The van der Waals surface area contributed by atoms with E-state index in [0.717, 1.165) is 42.3 Å². The predicted octanol–water partition coefficient (Wildman–Crippen LogP) is 4.67. The Morgan fingerprint density at radius 2 is 2.05 bits per heavy atom. The Balaban J connectivity index is 1.75. The van der Waals surface area contributed by atoms with Crippen LogP contribution in [0.5, 0.6) is 11.5 Å². The van der Waals surface area contributed by atoms with Gasteiger partial charge in [0.2, 0.25) is 0 Å². The Kier molecular flexibility index (Phi) is 4.20. The molecule has 1 aliphatic rings. The van der Waals surface area contributed by atoms with Gasteiger partial charge in [-0.25, -0.2) is 0 Å². The van der Waals surface area contributed by atoms with Gasteiger partial charge in [0.05, 0.1) is 23.9 Å². The van der Waals surface area contributed by atoms with Crippen molar-refractivity contribution in [2.24, 2.45) is 0 Å². The van der Waals surface area contributed by atoms with E-state index in [0.29, 0.717) is 5.02 Å². The van der Waals surface area contributed by atoms with Gasteiger partial charge < -0.3 is 14.8 Å². The summed E-state index contributed by atoms with van der Waals surface area (Å²) in [5.41, 5.74) is 2.05. The van der Waals surface area contributed by atoms with E-state index in [9.17, 15) is 0 Å². The molecule has 0 spiro atoms. The Morgan fingerprint density at radius 3 is 2.81 bits per heavy atom. The molecule has 3 rings (SSSR count). The summed E-state index contributed by atoms with van der Waals surface area (Å²) in [5.74, 6) is 1.62. The number of hydrogen-bond donors (Lipinski definition) is 1. The van der Waals surface area contributed by atoms with Crippen LogP contribution in [0.25, 0.3) is 0 Å². The highest BCUT2D eigenvalue weighted by Gasteiger charge is 2.22. The number of halogens is 1. The fraction of sp³-hybridized carbons (Fsp3) is 0.294. The van der Waals surface area contributed by atoms with Crippen molar-refractivity contribution in [3.05, 3.63) is 53.1 Å². The van der Waals surface area contributed by atoms with Crippen molar-refractivity contribution < 1.29 is 9.47 Å². The van der Waals surface area contributed by atoms with E-state index in [1.54, 1.807) is 0 Å². The van der Waals surface area contributed by atoms with E-state index in [1.165, 1.54) is 0 Å². The van der Waals surface area contributed by atoms with Gasteiger partial charge in [0.25, 0.3) is 0 Å². The van der Waals surface area contributed by atoms with Gasteiger partial charge in [-0.05, 0) is 36.2 Å². The lowest BCUT2D eigenvalue weighted by Gasteiger charge is -2.28. The molecule has 110 valence electrons. The maximum Gasteiger partial charge on any atom is 0.161 e. The molecule has 1 atom stereocenters. The highest BCUT2D eigenvalue weighted by molar-refractivity contribution is 6.32. The lowest BCUT2D eigenvalue weighted by atomic mass is 10.1. The van der Waals surface area contributed by atoms with Crippen molar-refractivity contribution in [2.45, 2.75) is 19.4 Å². The van der Waals surface area contributed by atoms with Crippen molar-refractivity contribution in [2.75, 3.05) is 18.5 Å². The van der Waals surface area contributed by atoms with Gasteiger partial charge in [0, 0.05) is 0 Å². The van der Waals surface area contributed by atoms with Gasteiger partial charge in [-0.2, -0.15) is 0 Å². The number of ether oxygens (including phenoxy) is 2. The Morgan fingerprint density at radius 1 is 1.24 bits per heavy atom. The van der Waals surface area contributed by atoms with Gasteiger partial charge in [0.1, 0.15) is 11.9 Å². The first kappa shape index (κ1) is 14.1. The zero-order valence-electron chi connectivity index (χ0n) is 11.9. The molecule has 0 fully saturated rings. The lowest BCUT2D eigenvalue weighted by molar-refractivity contribution is 0.210. The average Bonchev–Trinajstić information content (AvgIpc) is 2.54. The largest absolute Gasteiger partial charge is 0.494 e. The summed E-state index contributed by atoms with van der Waals surface area (Å²) in [7, 11) is 0. The maximum atomic E-state index is 6.19. The Labute approximate surface area is 129 Å². The normalized spacial score (nSPS) is 16.6. The van der Waals surface area contributed by atoms with Crippen LogP contribution in [0.15, 0.2) is 42.5 Å². The summed E-state index contributed by atoms with van der Waals surface area (Å²) in [6.07, 6.45) is 0.963.